The second kappa shape index (κ2) is 9.19. The standard InChI is InChI=1S/C35H25N3O/c36-30(23-9-2-1-3-10-23)22-31(37)25-12-8-13-26(21-25)38-32-15-6-5-14-27(32)28-19-20-34-29(35(28)38)18-17-24-11-4-7-16-33(24)39-34/h1-22,36H,37H2/b31-22-,36-30?. The maximum atomic E-state index is 8.52. The van der Waals surface area contributed by atoms with Crippen molar-refractivity contribution in [1.82, 2.24) is 4.57 Å². The highest BCUT2D eigenvalue weighted by molar-refractivity contribution is 6.13. The molecule has 186 valence electrons. The molecular formula is C35H25N3O. The summed E-state index contributed by atoms with van der Waals surface area (Å²) in [7, 11) is 0. The number of fused-ring (bicyclic) bond motifs is 6. The van der Waals surface area contributed by atoms with Gasteiger partial charge in [0.2, 0.25) is 0 Å². The van der Waals surface area contributed by atoms with E-state index >= 15 is 0 Å². The minimum absolute atomic E-state index is 0.377. The molecule has 1 aliphatic heterocycles. The molecule has 1 aromatic heterocycles. The van der Waals surface area contributed by atoms with Gasteiger partial charge in [0.25, 0.3) is 0 Å². The Balaban J connectivity index is 1.42. The lowest BCUT2D eigenvalue weighted by atomic mass is 10.1. The van der Waals surface area contributed by atoms with Crippen LogP contribution in [0.3, 0.4) is 0 Å². The fourth-order valence-corrected chi connectivity index (χ4v) is 5.35. The molecule has 0 radical (unpaired) electrons. The van der Waals surface area contributed by atoms with E-state index in [9.17, 15) is 0 Å². The Kier molecular flexibility index (Phi) is 5.38. The molecule has 0 aliphatic carbocycles. The van der Waals surface area contributed by atoms with Crippen LogP contribution in [0.4, 0.5) is 0 Å². The zero-order chi connectivity index (χ0) is 26.3. The van der Waals surface area contributed by atoms with Crippen LogP contribution in [-0.4, -0.2) is 10.3 Å². The number of hydrogen-bond acceptors (Lipinski definition) is 3. The zero-order valence-electron chi connectivity index (χ0n) is 21.1. The van der Waals surface area contributed by atoms with E-state index in [0.29, 0.717) is 11.4 Å². The largest absolute Gasteiger partial charge is 0.456 e. The second-order valence-electron chi connectivity index (χ2n) is 9.63. The van der Waals surface area contributed by atoms with Gasteiger partial charge in [-0.25, -0.2) is 0 Å². The summed E-state index contributed by atoms with van der Waals surface area (Å²) >= 11 is 0. The van der Waals surface area contributed by atoms with Crippen LogP contribution in [0, 0.1) is 5.41 Å². The minimum Gasteiger partial charge on any atom is -0.456 e. The predicted molar refractivity (Wildman–Crippen MR) is 162 cm³/mol. The molecule has 1 aliphatic rings. The molecule has 39 heavy (non-hydrogen) atoms. The van der Waals surface area contributed by atoms with Gasteiger partial charge in [0.1, 0.15) is 11.5 Å². The highest BCUT2D eigenvalue weighted by atomic mass is 16.5. The number of nitrogens with two attached hydrogens (primary N) is 1. The summed E-state index contributed by atoms with van der Waals surface area (Å²) in [5, 5.41) is 10.8. The Morgan fingerprint density at radius 3 is 2.36 bits per heavy atom. The van der Waals surface area contributed by atoms with Crippen molar-refractivity contribution < 1.29 is 4.74 Å². The van der Waals surface area contributed by atoms with Crippen molar-refractivity contribution in [2.75, 3.05) is 0 Å². The zero-order valence-corrected chi connectivity index (χ0v) is 21.1. The molecule has 0 saturated carbocycles. The van der Waals surface area contributed by atoms with E-state index in [1.807, 2.05) is 60.7 Å². The number of ether oxygens (including phenoxy) is 1. The van der Waals surface area contributed by atoms with Gasteiger partial charge in [-0.1, -0.05) is 84.9 Å². The average Bonchev–Trinajstić information content (AvgIpc) is 3.19. The monoisotopic (exact) mass is 503 g/mol. The smallest absolute Gasteiger partial charge is 0.136 e. The van der Waals surface area contributed by atoms with Crippen LogP contribution in [0.5, 0.6) is 11.5 Å². The summed E-state index contributed by atoms with van der Waals surface area (Å²) in [5.41, 5.74) is 14.4. The third-order valence-corrected chi connectivity index (χ3v) is 7.23. The molecular weight excluding hydrogens is 478 g/mol. The normalized spacial score (nSPS) is 12.6. The molecule has 0 unspecified atom stereocenters. The average molecular weight is 504 g/mol. The third kappa shape index (κ3) is 3.90. The number of allylic oxidation sites excluding steroid dienone is 1. The molecule has 3 N–H and O–H groups in total. The maximum Gasteiger partial charge on any atom is 0.136 e. The number of nitrogens with one attached hydrogen (secondary N) is 1. The van der Waals surface area contributed by atoms with Crippen LogP contribution >= 0.6 is 0 Å². The lowest BCUT2D eigenvalue weighted by Gasteiger charge is -2.14. The van der Waals surface area contributed by atoms with Crippen molar-refractivity contribution in [2.45, 2.75) is 0 Å². The summed E-state index contributed by atoms with van der Waals surface area (Å²) in [6.07, 6.45) is 5.99. The summed E-state index contributed by atoms with van der Waals surface area (Å²) in [6.45, 7) is 0. The molecule has 0 bridgehead atoms. The molecule has 0 spiro atoms. The number of aromatic nitrogens is 1. The Bertz CT molecular complexity index is 1960. The van der Waals surface area contributed by atoms with E-state index < -0.39 is 0 Å². The van der Waals surface area contributed by atoms with Crippen LogP contribution in [0.2, 0.25) is 0 Å². The highest BCUT2D eigenvalue weighted by Gasteiger charge is 2.20. The van der Waals surface area contributed by atoms with Crippen LogP contribution in [0.25, 0.3) is 45.3 Å². The molecule has 0 fully saturated rings. The Hall–Kier alpha value is -5.35. The van der Waals surface area contributed by atoms with Gasteiger partial charge in [-0.2, -0.15) is 0 Å². The quantitative estimate of drug-likeness (QED) is 0.237. The predicted octanol–water partition coefficient (Wildman–Crippen LogP) is 8.43. The van der Waals surface area contributed by atoms with Crippen molar-refractivity contribution >= 4 is 45.4 Å². The number of hydrogen-bond donors (Lipinski definition) is 2. The lowest BCUT2D eigenvalue weighted by Crippen LogP contribution is -2.04. The summed E-state index contributed by atoms with van der Waals surface area (Å²) in [5.74, 6) is 1.66. The summed E-state index contributed by atoms with van der Waals surface area (Å²) < 4.78 is 8.70. The van der Waals surface area contributed by atoms with Gasteiger partial charge in [-0.15, -0.1) is 0 Å². The van der Waals surface area contributed by atoms with E-state index in [4.69, 9.17) is 15.9 Å². The van der Waals surface area contributed by atoms with Crippen LogP contribution in [-0.2, 0) is 0 Å². The Labute approximate surface area is 226 Å². The highest BCUT2D eigenvalue weighted by Crippen LogP contribution is 2.42. The van der Waals surface area contributed by atoms with E-state index in [2.05, 4.69) is 71.3 Å². The van der Waals surface area contributed by atoms with Gasteiger partial charge in [0.05, 0.1) is 16.7 Å². The van der Waals surface area contributed by atoms with Gasteiger partial charge in [-0.3, -0.25) is 0 Å². The van der Waals surface area contributed by atoms with E-state index in [1.54, 1.807) is 6.08 Å². The first-order valence-corrected chi connectivity index (χ1v) is 12.9. The molecule has 2 heterocycles. The fourth-order valence-electron chi connectivity index (χ4n) is 5.35. The lowest BCUT2D eigenvalue weighted by molar-refractivity contribution is 0.482. The molecule has 0 saturated heterocycles. The number of nitrogens with zero attached hydrogens (tertiary/aromatic N) is 1. The SMILES string of the molecule is N=C(/C=C(\N)c1cccc(-n2c3ccccc3c3ccc4c(c32)C=Cc2ccccc2O4)c1)c1ccccc1. The van der Waals surface area contributed by atoms with E-state index in [-0.39, 0.29) is 0 Å². The van der Waals surface area contributed by atoms with Crippen molar-refractivity contribution in [3.05, 3.63) is 144 Å². The summed E-state index contributed by atoms with van der Waals surface area (Å²) in [4.78, 5) is 0. The van der Waals surface area contributed by atoms with E-state index in [0.717, 1.165) is 55.9 Å². The number of para-hydroxylation sites is 2. The van der Waals surface area contributed by atoms with Gasteiger partial charge in [0, 0.05) is 33.3 Å². The van der Waals surface area contributed by atoms with Gasteiger partial charge in [0.15, 0.2) is 0 Å². The Morgan fingerprint density at radius 2 is 1.46 bits per heavy atom. The van der Waals surface area contributed by atoms with Crippen molar-refractivity contribution in [1.29, 1.82) is 5.41 Å². The molecule has 6 aromatic rings. The molecule has 0 atom stereocenters. The summed E-state index contributed by atoms with van der Waals surface area (Å²) in [6, 6.07) is 38.6. The van der Waals surface area contributed by atoms with Crippen molar-refractivity contribution in [2.24, 2.45) is 5.73 Å². The van der Waals surface area contributed by atoms with Crippen LogP contribution in [0.15, 0.2) is 121 Å². The number of rotatable bonds is 4. The van der Waals surface area contributed by atoms with Crippen LogP contribution in [0.1, 0.15) is 22.3 Å². The van der Waals surface area contributed by atoms with Gasteiger partial charge >= 0.3 is 0 Å². The fraction of sp³-hybridized carbons (Fsp3) is 0. The van der Waals surface area contributed by atoms with Crippen molar-refractivity contribution in [3.63, 3.8) is 0 Å². The maximum absolute atomic E-state index is 8.52. The molecule has 4 nitrogen and oxygen atoms in total. The first-order chi connectivity index (χ1) is 19.2. The van der Waals surface area contributed by atoms with Gasteiger partial charge < -0.3 is 20.4 Å². The number of benzene rings is 5. The first-order valence-electron chi connectivity index (χ1n) is 12.9. The van der Waals surface area contributed by atoms with Crippen molar-refractivity contribution in [3.8, 4) is 17.2 Å². The molecule has 7 rings (SSSR count). The van der Waals surface area contributed by atoms with Gasteiger partial charge in [-0.05, 0) is 59.7 Å². The second-order valence-corrected chi connectivity index (χ2v) is 9.63. The minimum atomic E-state index is 0.377. The molecule has 4 heteroatoms. The molecule has 5 aromatic carbocycles. The topological polar surface area (TPSA) is 64.0 Å². The molecule has 0 amide bonds. The first kappa shape index (κ1) is 22.8. The van der Waals surface area contributed by atoms with Crippen LogP contribution < -0.4 is 10.5 Å². The van der Waals surface area contributed by atoms with E-state index in [1.165, 1.54) is 5.39 Å². The third-order valence-electron chi connectivity index (χ3n) is 7.23. The Morgan fingerprint density at radius 1 is 0.692 bits per heavy atom.